The zero-order valence-electron chi connectivity index (χ0n) is 19.0. The second-order valence-electron chi connectivity index (χ2n) is 7.83. The van der Waals surface area contributed by atoms with Crippen molar-refractivity contribution in [3.05, 3.63) is 70.9 Å². The standard InChI is InChI=1S/C24H24ClN5O3S/c1-29(2)13-12-27-34(32,33)23-15-18(28-24(31)14-17-6-4-5-7-21(17)25)8-10-20(23)22-11-9-19(16-26)30(22)3/h4-12,15H,13-14H2,1-3H3,(H,28,31). The van der Waals surface area contributed by atoms with E-state index in [4.69, 9.17) is 11.6 Å². The van der Waals surface area contributed by atoms with Crippen molar-refractivity contribution in [2.24, 2.45) is 11.4 Å². The fraction of sp³-hybridized carbons (Fsp3) is 0.208. The first-order valence-corrected chi connectivity index (χ1v) is 12.1. The third kappa shape index (κ3) is 5.91. The summed E-state index contributed by atoms with van der Waals surface area (Å²) in [5.41, 5.74) is 2.25. The second-order valence-corrected chi connectivity index (χ2v) is 9.84. The van der Waals surface area contributed by atoms with Gasteiger partial charge in [-0.3, -0.25) is 4.79 Å². The Kier molecular flexibility index (Phi) is 7.89. The first-order chi connectivity index (χ1) is 16.1. The van der Waals surface area contributed by atoms with Gasteiger partial charge in [0.25, 0.3) is 10.0 Å². The second kappa shape index (κ2) is 10.7. The van der Waals surface area contributed by atoms with Gasteiger partial charge in [-0.05, 0) is 56.1 Å². The van der Waals surface area contributed by atoms with Gasteiger partial charge in [0.05, 0.1) is 12.1 Å². The molecule has 0 radical (unpaired) electrons. The Hall–Kier alpha value is -3.45. The molecule has 0 aliphatic heterocycles. The Morgan fingerprint density at radius 1 is 1.21 bits per heavy atom. The van der Waals surface area contributed by atoms with Gasteiger partial charge in [-0.2, -0.15) is 18.1 Å². The number of benzene rings is 2. The molecule has 0 saturated carbocycles. The van der Waals surface area contributed by atoms with Gasteiger partial charge in [0, 0.05) is 36.1 Å². The molecule has 0 fully saturated rings. The van der Waals surface area contributed by atoms with Crippen molar-refractivity contribution < 1.29 is 13.2 Å². The van der Waals surface area contributed by atoms with E-state index in [1.807, 2.05) is 0 Å². The quantitative estimate of drug-likeness (QED) is 0.477. The lowest BCUT2D eigenvalue weighted by atomic mass is 10.1. The number of nitrogens with zero attached hydrogens (tertiary/aromatic N) is 4. The van der Waals surface area contributed by atoms with Crippen LogP contribution in [-0.4, -0.2) is 50.6 Å². The Morgan fingerprint density at radius 2 is 1.94 bits per heavy atom. The van der Waals surface area contributed by atoms with Crippen LogP contribution in [-0.2, 0) is 28.3 Å². The number of carbonyl (C=O) groups excluding carboxylic acids is 1. The molecule has 10 heteroatoms. The SMILES string of the molecule is CN(C)CC=NS(=O)(=O)c1cc(NC(=O)Cc2ccccc2Cl)ccc1-c1ccc(C#N)n1C. The number of anilines is 1. The van der Waals surface area contributed by atoms with E-state index in [9.17, 15) is 18.5 Å². The molecule has 3 rings (SSSR count). The number of hydrogen-bond donors (Lipinski definition) is 1. The van der Waals surface area contributed by atoms with E-state index in [1.165, 1.54) is 12.3 Å². The van der Waals surface area contributed by atoms with Crippen molar-refractivity contribution in [2.45, 2.75) is 11.3 Å². The lowest BCUT2D eigenvalue weighted by molar-refractivity contribution is -0.115. The highest BCUT2D eigenvalue weighted by Gasteiger charge is 2.22. The lowest BCUT2D eigenvalue weighted by Crippen LogP contribution is -2.16. The molecule has 0 atom stereocenters. The van der Waals surface area contributed by atoms with Gasteiger partial charge in [-0.1, -0.05) is 29.8 Å². The van der Waals surface area contributed by atoms with Gasteiger partial charge in [-0.15, -0.1) is 0 Å². The molecule has 0 saturated heterocycles. The lowest BCUT2D eigenvalue weighted by Gasteiger charge is -2.13. The minimum absolute atomic E-state index is 0.0356. The maximum absolute atomic E-state index is 13.1. The van der Waals surface area contributed by atoms with Crippen LogP contribution in [0.1, 0.15) is 11.3 Å². The van der Waals surface area contributed by atoms with E-state index in [0.29, 0.717) is 39.8 Å². The molecule has 2 aromatic carbocycles. The molecule has 0 spiro atoms. The predicted octanol–water partition coefficient (Wildman–Crippen LogP) is 3.72. The summed E-state index contributed by atoms with van der Waals surface area (Å²) in [6.07, 6.45) is 1.35. The highest BCUT2D eigenvalue weighted by molar-refractivity contribution is 7.90. The molecule has 0 bridgehead atoms. The summed E-state index contributed by atoms with van der Waals surface area (Å²) in [5, 5.41) is 12.5. The van der Waals surface area contributed by atoms with E-state index in [2.05, 4.69) is 15.8 Å². The van der Waals surface area contributed by atoms with Gasteiger partial charge in [0.15, 0.2) is 0 Å². The summed E-state index contributed by atoms with van der Waals surface area (Å²) in [6, 6.07) is 16.9. The van der Waals surface area contributed by atoms with Crippen molar-refractivity contribution in [1.82, 2.24) is 9.47 Å². The van der Waals surface area contributed by atoms with E-state index >= 15 is 0 Å². The van der Waals surface area contributed by atoms with Crippen LogP contribution >= 0.6 is 11.6 Å². The van der Waals surface area contributed by atoms with Crippen LogP contribution in [0.15, 0.2) is 63.9 Å². The number of aromatic nitrogens is 1. The average molecular weight is 498 g/mol. The smallest absolute Gasteiger partial charge is 0.282 e. The van der Waals surface area contributed by atoms with Crippen molar-refractivity contribution in [1.29, 1.82) is 5.26 Å². The average Bonchev–Trinajstić information content (AvgIpc) is 3.15. The van der Waals surface area contributed by atoms with Crippen LogP contribution < -0.4 is 5.32 Å². The first kappa shape index (κ1) is 25.2. The number of rotatable bonds is 8. The molecule has 1 amide bonds. The molecular formula is C24H24ClN5O3S. The Labute approximate surface area is 204 Å². The molecule has 176 valence electrons. The highest BCUT2D eigenvalue weighted by Crippen LogP contribution is 2.32. The van der Waals surface area contributed by atoms with Gasteiger partial charge in [-0.25, -0.2) is 0 Å². The van der Waals surface area contributed by atoms with Gasteiger partial charge in [0.2, 0.25) is 5.91 Å². The molecule has 0 unspecified atom stereocenters. The molecule has 0 aliphatic rings. The number of amides is 1. The summed E-state index contributed by atoms with van der Waals surface area (Å²) in [5.74, 6) is -0.342. The highest BCUT2D eigenvalue weighted by atomic mass is 35.5. The van der Waals surface area contributed by atoms with Gasteiger partial charge in [0.1, 0.15) is 16.7 Å². The van der Waals surface area contributed by atoms with Crippen LogP contribution in [0.3, 0.4) is 0 Å². The van der Waals surface area contributed by atoms with E-state index in [0.717, 1.165) is 0 Å². The van der Waals surface area contributed by atoms with Gasteiger partial charge >= 0.3 is 0 Å². The van der Waals surface area contributed by atoms with Crippen LogP contribution in [0.2, 0.25) is 5.02 Å². The van der Waals surface area contributed by atoms with E-state index in [-0.39, 0.29) is 17.2 Å². The third-order valence-electron chi connectivity index (χ3n) is 5.02. The summed E-state index contributed by atoms with van der Waals surface area (Å²) in [4.78, 5) is 14.3. The zero-order chi connectivity index (χ0) is 24.9. The fourth-order valence-electron chi connectivity index (χ4n) is 3.29. The topological polar surface area (TPSA) is 108 Å². The Balaban J connectivity index is 2.00. The minimum atomic E-state index is -4.10. The number of nitrogens with one attached hydrogen (secondary N) is 1. The maximum Gasteiger partial charge on any atom is 0.282 e. The largest absolute Gasteiger partial charge is 0.335 e. The van der Waals surface area contributed by atoms with Crippen molar-refractivity contribution in [3.8, 4) is 17.3 Å². The van der Waals surface area contributed by atoms with Crippen molar-refractivity contribution >= 4 is 39.4 Å². The van der Waals surface area contributed by atoms with Crippen molar-refractivity contribution in [2.75, 3.05) is 26.0 Å². The Morgan fingerprint density at radius 3 is 2.59 bits per heavy atom. The van der Waals surface area contributed by atoms with E-state index in [1.54, 1.807) is 79.1 Å². The fourth-order valence-corrected chi connectivity index (χ4v) is 4.60. The van der Waals surface area contributed by atoms with Crippen LogP contribution in [0.25, 0.3) is 11.3 Å². The molecule has 1 heterocycles. The number of carbonyl (C=O) groups is 1. The number of halogens is 1. The Bertz CT molecular complexity index is 1390. The summed E-state index contributed by atoms with van der Waals surface area (Å²) < 4.78 is 31.7. The summed E-state index contributed by atoms with van der Waals surface area (Å²) in [6.45, 7) is 0.339. The zero-order valence-corrected chi connectivity index (χ0v) is 20.6. The molecule has 34 heavy (non-hydrogen) atoms. The van der Waals surface area contributed by atoms with Crippen LogP contribution in [0.5, 0.6) is 0 Å². The number of hydrogen-bond acceptors (Lipinski definition) is 5. The van der Waals surface area contributed by atoms with Gasteiger partial charge < -0.3 is 14.8 Å². The monoisotopic (exact) mass is 497 g/mol. The third-order valence-corrected chi connectivity index (χ3v) is 6.71. The van der Waals surface area contributed by atoms with Crippen LogP contribution in [0, 0.1) is 11.3 Å². The van der Waals surface area contributed by atoms with Crippen molar-refractivity contribution in [3.63, 3.8) is 0 Å². The predicted molar refractivity (Wildman–Crippen MR) is 134 cm³/mol. The molecule has 0 aliphatic carbocycles. The first-order valence-electron chi connectivity index (χ1n) is 10.3. The summed E-state index contributed by atoms with van der Waals surface area (Å²) >= 11 is 6.14. The normalized spacial score (nSPS) is 11.6. The molecule has 1 N–H and O–H groups in total. The minimum Gasteiger partial charge on any atom is -0.335 e. The molecule has 3 aromatic rings. The molecule has 1 aromatic heterocycles. The molecular weight excluding hydrogens is 474 g/mol. The number of sulfonamides is 1. The molecule has 8 nitrogen and oxygen atoms in total. The van der Waals surface area contributed by atoms with Crippen LogP contribution in [0.4, 0.5) is 5.69 Å². The number of nitriles is 1. The summed E-state index contributed by atoms with van der Waals surface area (Å²) in [7, 11) is 1.18. The van der Waals surface area contributed by atoms with E-state index < -0.39 is 10.0 Å². The maximum atomic E-state index is 13.1.